The van der Waals surface area contributed by atoms with Gasteiger partial charge in [-0.05, 0) is 57.2 Å². The van der Waals surface area contributed by atoms with Crippen LogP contribution in [0, 0.1) is 5.82 Å². The van der Waals surface area contributed by atoms with E-state index in [1.54, 1.807) is 24.0 Å². The Bertz CT molecular complexity index is 1270. The Labute approximate surface area is 207 Å². The van der Waals surface area contributed by atoms with Gasteiger partial charge in [0, 0.05) is 38.0 Å². The lowest BCUT2D eigenvalue weighted by molar-refractivity contribution is -0.122. The molecule has 36 heavy (non-hydrogen) atoms. The molecule has 0 spiro atoms. The molecule has 1 saturated heterocycles. The summed E-state index contributed by atoms with van der Waals surface area (Å²) >= 11 is 0. The summed E-state index contributed by atoms with van der Waals surface area (Å²) in [6.45, 7) is 7.09. The van der Waals surface area contributed by atoms with Crippen molar-refractivity contribution in [2.24, 2.45) is 0 Å². The first-order valence-corrected chi connectivity index (χ1v) is 11.5. The number of pyridine rings is 1. The van der Waals surface area contributed by atoms with Crippen molar-refractivity contribution in [2.45, 2.75) is 32.4 Å². The molecule has 1 atom stereocenters. The van der Waals surface area contributed by atoms with Gasteiger partial charge in [-0.2, -0.15) is 0 Å². The van der Waals surface area contributed by atoms with Crippen LogP contribution >= 0.6 is 0 Å². The Kier molecular flexibility index (Phi) is 7.11. The lowest BCUT2D eigenvalue weighted by atomic mass is 9.96. The summed E-state index contributed by atoms with van der Waals surface area (Å²) in [7, 11) is 0. The van der Waals surface area contributed by atoms with Crippen LogP contribution < -0.4 is 15.6 Å². The number of piperazine rings is 1. The molecule has 10 nitrogen and oxygen atoms in total. The van der Waals surface area contributed by atoms with E-state index >= 15 is 0 Å². The molecular formula is C25H27FN6O4. The highest BCUT2D eigenvalue weighted by Crippen LogP contribution is 2.25. The molecule has 3 heterocycles. The Morgan fingerprint density at radius 2 is 1.83 bits per heavy atom. The third-order valence-electron chi connectivity index (χ3n) is 6.06. The fourth-order valence-electron chi connectivity index (χ4n) is 4.06. The first-order chi connectivity index (χ1) is 17.1. The third kappa shape index (κ3) is 5.74. The summed E-state index contributed by atoms with van der Waals surface area (Å²) in [5, 5.41) is 10.7. The Morgan fingerprint density at radius 1 is 1.08 bits per heavy atom. The van der Waals surface area contributed by atoms with Gasteiger partial charge in [0.25, 0.3) is 5.91 Å². The predicted octanol–water partition coefficient (Wildman–Crippen LogP) is 2.66. The van der Waals surface area contributed by atoms with Crippen LogP contribution in [0.1, 0.15) is 31.1 Å². The number of aromatic amines is 1. The number of benzene rings is 1. The number of halogens is 1. The number of hydrogen-bond acceptors (Lipinski definition) is 7. The lowest BCUT2D eigenvalue weighted by Gasteiger charge is -2.48. The molecule has 1 unspecified atom stereocenters. The van der Waals surface area contributed by atoms with E-state index in [9.17, 15) is 18.8 Å². The summed E-state index contributed by atoms with van der Waals surface area (Å²) in [5.74, 6) is 0.0868. The van der Waals surface area contributed by atoms with E-state index in [0.29, 0.717) is 30.9 Å². The van der Waals surface area contributed by atoms with Gasteiger partial charge in [-0.1, -0.05) is 0 Å². The zero-order valence-electron chi connectivity index (χ0n) is 20.2. The lowest BCUT2D eigenvalue weighted by Crippen LogP contribution is -2.63. The number of anilines is 1. The molecule has 3 aromatic rings. The van der Waals surface area contributed by atoms with Crippen LogP contribution in [0.15, 0.2) is 59.5 Å². The summed E-state index contributed by atoms with van der Waals surface area (Å²) in [6, 6.07) is 11.0. The third-order valence-corrected chi connectivity index (χ3v) is 6.06. The van der Waals surface area contributed by atoms with Gasteiger partial charge in [0.2, 0.25) is 17.3 Å². The number of hydrogen-bond donors (Lipinski definition) is 2. The molecule has 2 N–H and O–H groups in total. The monoisotopic (exact) mass is 494 g/mol. The van der Waals surface area contributed by atoms with E-state index in [1.165, 1.54) is 42.6 Å². The fraction of sp³-hybridized carbons (Fsp3) is 0.320. The maximum Gasteiger partial charge on any atom is 0.255 e. The minimum Gasteiger partial charge on any atom is -0.438 e. The van der Waals surface area contributed by atoms with Crippen LogP contribution in [0.25, 0.3) is 0 Å². The first kappa shape index (κ1) is 25.0. The van der Waals surface area contributed by atoms with E-state index in [1.807, 2.05) is 18.7 Å². The number of nitrogens with one attached hydrogen (secondary N) is 2. The Morgan fingerprint density at radius 3 is 2.44 bits per heavy atom. The number of nitrogens with zero attached hydrogens (tertiary/aromatic N) is 4. The van der Waals surface area contributed by atoms with Crippen LogP contribution in [0.4, 0.5) is 10.2 Å². The van der Waals surface area contributed by atoms with Crippen molar-refractivity contribution < 1.29 is 18.7 Å². The van der Waals surface area contributed by atoms with E-state index in [4.69, 9.17) is 4.74 Å². The number of rotatable bonds is 6. The van der Waals surface area contributed by atoms with E-state index < -0.39 is 11.6 Å². The number of H-pyrrole nitrogens is 1. The molecule has 1 aliphatic heterocycles. The minimum absolute atomic E-state index is 0.175. The van der Waals surface area contributed by atoms with Crippen molar-refractivity contribution in [3.8, 4) is 11.6 Å². The smallest absolute Gasteiger partial charge is 0.255 e. The minimum atomic E-state index is -0.543. The van der Waals surface area contributed by atoms with Crippen LogP contribution in [0.3, 0.4) is 0 Å². The summed E-state index contributed by atoms with van der Waals surface area (Å²) in [5.41, 5.74) is -0.401. The van der Waals surface area contributed by atoms with Crippen LogP contribution in [-0.4, -0.2) is 68.0 Å². The average molecular weight is 495 g/mol. The molecule has 0 aliphatic carbocycles. The second-order valence-corrected chi connectivity index (χ2v) is 9.16. The van der Waals surface area contributed by atoms with Crippen molar-refractivity contribution in [3.63, 3.8) is 0 Å². The van der Waals surface area contributed by atoms with Gasteiger partial charge in [-0.25, -0.2) is 4.39 Å². The number of amides is 2. The van der Waals surface area contributed by atoms with Crippen LogP contribution in [-0.2, 0) is 4.79 Å². The number of carbonyl (C=O) groups excluding carboxylic acids is 2. The molecule has 0 saturated carbocycles. The zero-order chi connectivity index (χ0) is 25.9. The fourth-order valence-corrected chi connectivity index (χ4v) is 4.06. The maximum absolute atomic E-state index is 13.0. The molecule has 2 aromatic heterocycles. The molecular weight excluding hydrogens is 467 g/mol. The van der Waals surface area contributed by atoms with Gasteiger partial charge in [-0.15, -0.1) is 10.2 Å². The first-order valence-electron chi connectivity index (χ1n) is 11.5. The van der Waals surface area contributed by atoms with E-state index in [0.717, 1.165) is 0 Å². The van der Waals surface area contributed by atoms with Gasteiger partial charge >= 0.3 is 0 Å². The second kappa shape index (κ2) is 10.2. The normalized spacial score (nSPS) is 16.3. The predicted molar refractivity (Wildman–Crippen MR) is 130 cm³/mol. The summed E-state index contributed by atoms with van der Waals surface area (Å²) in [6.07, 6.45) is 1.42. The molecule has 4 rings (SSSR count). The number of ether oxygens (including phenoxy) is 1. The summed E-state index contributed by atoms with van der Waals surface area (Å²) in [4.78, 5) is 43.5. The Balaban J connectivity index is 1.34. The SMILES string of the molecule is CC(C(=O)Nc1ccc(Oc2ccc(F)cc2)nn1)N1CCN(C(=O)c2ccc(=O)[nH]c2)C(C)(C)C1. The standard InChI is InChI=1S/C25H27FN6O4/c1-16(23(34)28-20-9-11-22(30-29-20)36-19-7-5-18(26)6-8-19)31-12-13-32(25(2,3)15-31)24(35)17-4-10-21(33)27-14-17/h4-11,14,16H,12-13,15H2,1-3H3,(H,27,33)(H,28,29,34). The van der Waals surface area contributed by atoms with Gasteiger partial charge in [0.1, 0.15) is 11.6 Å². The Hall–Kier alpha value is -4.12. The highest BCUT2D eigenvalue weighted by atomic mass is 19.1. The molecule has 0 radical (unpaired) electrons. The molecule has 188 valence electrons. The highest BCUT2D eigenvalue weighted by molar-refractivity contribution is 5.95. The summed E-state index contributed by atoms with van der Waals surface area (Å²) < 4.78 is 18.5. The van der Waals surface area contributed by atoms with Crippen molar-refractivity contribution in [2.75, 3.05) is 25.0 Å². The zero-order valence-corrected chi connectivity index (χ0v) is 20.2. The van der Waals surface area contributed by atoms with Crippen molar-refractivity contribution in [1.82, 2.24) is 25.0 Å². The van der Waals surface area contributed by atoms with E-state index in [-0.39, 0.29) is 34.9 Å². The average Bonchev–Trinajstić information content (AvgIpc) is 2.85. The van der Waals surface area contributed by atoms with Crippen molar-refractivity contribution in [1.29, 1.82) is 0 Å². The molecule has 2 amide bonds. The molecule has 1 fully saturated rings. The molecule has 1 aromatic carbocycles. The largest absolute Gasteiger partial charge is 0.438 e. The van der Waals surface area contributed by atoms with Gasteiger partial charge in [0.15, 0.2) is 5.82 Å². The second-order valence-electron chi connectivity index (χ2n) is 9.16. The maximum atomic E-state index is 13.0. The van der Waals surface area contributed by atoms with Crippen LogP contribution in [0.2, 0.25) is 0 Å². The highest BCUT2D eigenvalue weighted by Gasteiger charge is 2.39. The number of carbonyl (C=O) groups is 2. The molecule has 0 bridgehead atoms. The van der Waals surface area contributed by atoms with Crippen molar-refractivity contribution in [3.05, 3.63) is 76.5 Å². The number of aromatic nitrogens is 3. The van der Waals surface area contributed by atoms with Crippen LogP contribution in [0.5, 0.6) is 11.6 Å². The van der Waals surface area contributed by atoms with Crippen molar-refractivity contribution >= 4 is 17.6 Å². The van der Waals surface area contributed by atoms with Gasteiger partial charge < -0.3 is 19.9 Å². The quantitative estimate of drug-likeness (QED) is 0.541. The molecule has 1 aliphatic rings. The van der Waals surface area contributed by atoms with E-state index in [2.05, 4.69) is 20.5 Å². The topological polar surface area (TPSA) is 121 Å². The van der Waals surface area contributed by atoms with Gasteiger partial charge in [-0.3, -0.25) is 19.3 Å². The van der Waals surface area contributed by atoms with Gasteiger partial charge in [0.05, 0.1) is 17.1 Å². The molecule has 11 heteroatoms.